The number of fused-ring (bicyclic) bond motifs is 2. The number of ketones is 1. The average molecular weight is 406 g/mol. The molecule has 2 aliphatic carbocycles. The number of phenolic OH excluding ortho intramolecular Hbond substituents is 2. The van der Waals surface area contributed by atoms with Crippen LogP contribution in [0, 0.1) is 0 Å². The number of allylic oxidation sites excluding steroid dienone is 1. The molecular formula is C24H22O6. The summed E-state index contributed by atoms with van der Waals surface area (Å²) < 4.78 is 5.76. The summed E-state index contributed by atoms with van der Waals surface area (Å²) in [4.78, 5) is 24.1. The number of Topliss-reactive ketones (excluding diaryl/α,β-unsaturated/α-hetero) is 1. The lowest BCUT2D eigenvalue weighted by Gasteiger charge is -2.22. The minimum absolute atomic E-state index is 0.0333. The third kappa shape index (κ3) is 3.14. The van der Waals surface area contributed by atoms with Crippen molar-refractivity contribution in [2.24, 2.45) is 0 Å². The van der Waals surface area contributed by atoms with Crippen molar-refractivity contribution in [3.8, 4) is 33.9 Å². The lowest BCUT2D eigenvalue weighted by molar-refractivity contribution is -0.117. The molecule has 0 amide bonds. The number of aliphatic hydroxyl groups excluding tert-OH is 1. The van der Waals surface area contributed by atoms with Gasteiger partial charge in [0.25, 0.3) is 0 Å². The van der Waals surface area contributed by atoms with Crippen molar-refractivity contribution in [3.63, 3.8) is 0 Å². The molecule has 0 saturated heterocycles. The van der Waals surface area contributed by atoms with Crippen molar-refractivity contribution in [1.82, 2.24) is 0 Å². The second kappa shape index (κ2) is 7.37. The van der Waals surface area contributed by atoms with Crippen LogP contribution in [0.15, 0.2) is 45.3 Å². The van der Waals surface area contributed by atoms with Gasteiger partial charge in [0.05, 0.1) is 0 Å². The molecule has 1 aromatic carbocycles. The van der Waals surface area contributed by atoms with Crippen LogP contribution in [0.25, 0.3) is 28.5 Å². The highest BCUT2D eigenvalue weighted by atomic mass is 16.3. The number of rotatable bonds is 4. The molecular weight excluding hydrogens is 384 g/mol. The van der Waals surface area contributed by atoms with Gasteiger partial charge in [-0.15, -0.1) is 0 Å². The van der Waals surface area contributed by atoms with Crippen molar-refractivity contribution in [3.05, 3.63) is 63.2 Å². The van der Waals surface area contributed by atoms with Crippen LogP contribution in [-0.4, -0.2) is 21.1 Å². The monoisotopic (exact) mass is 406 g/mol. The zero-order valence-electron chi connectivity index (χ0n) is 16.7. The number of benzene rings is 2. The van der Waals surface area contributed by atoms with E-state index < -0.39 is 22.7 Å². The number of aromatic hydroxyl groups is 2. The molecule has 3 N–H and O–H groups in total. The van der Waals surface area contributed by atoms with Gasteiger partial charge in [0.15, 0.2) is 11.5 Å². The second-order valence-corrected chi connectivity index (χ2v) is 7.56. The first kappa shape index (κ1) is 19.8. The molecule has 1 aliphatic heterocycles. The Hall–Kier alpha value is -3.54. The molecule has 0 bridgehead atoms. The smallest absolute Gasteiger partial charge is 0.223 e. The van der Waals surface area contributed by atoms with Crippen LogP contribution in [0.1, 0.15) is 49.5 Å². The van der Waals surface area contributed by atoms with Crippen LogP contribution in [0.2, 0.25) is 0 Å². The van der Waals surface area contributed by atoms with Crippen LogP contribution in [-0.2, 0) is 11.2 Å². The maximum atomic E-state index is 12.2. The molecule has 6 nitrogen and oxygen atoms in total. The molecule has 0 atom stereocenters. The summed E-state index contributed by atoms with van der Waals surface area (Å²) in [5, 5.41) is 30.7. The molecule has 1 aromatic rings. The van der Waals surface area contributed by atoms with E-state index >= 15 is 0 Å². The summed E-state index contributed by atoms with van der Waals surface area (Å²) in [6.07, 6.45) is 2.98. The normalized spacial score (nSPS) is 13.6. The van der Waals surface area contributed by atoms with E-state index in [0.717, 1.165) is 24.5 Å². The molecule has 0 saturated carbocycles. The molecule has 4 rings (SSSR count). The molecule has 3 aliphatic rings. The van der Waals surface area contributed by atoms with Crippen LogP contribution in [0.5, 0.6) is 11.5 Å². The Kier molecular flexibility index (Phi) is 4.86. The fourth-order valence-electron chi connectivity index (χ4n) is 4.12. The first-order valence-electron chi connectivity index (χ1n) is 9.93. The van der Waals surface area contributed by atoms with Crippen molar-refractivity contribution in [2.45, 2.75) is 39.0 Å². The first-order valence-corrected chi connectivity index (χ1v) is 9.93. The van der Waals surface area contributed by atoms with Crippen LogP contribution in [0.4, 0.5) is 0 Å². The molecule has 6 heteroatoms. The molecule has 0 aromatic heterocycles. The largest absolute Gasteiger partial charge is 0.507 e. The van der Waals surface area contributed by atoms with Gasteiger partial charge in [0.1, 0.15) is 17.3 Å². The van der Waals surface area contributed by atoms with Gasteiger partial charge in [0.2, 0.25) is 11.2 Å². The van der Waals surface area contributed by atoms with Gasteiger partial charge >= 0.3 is 0 Å². The summed E-state index contributed by atoms with van der Waals surface area (Å²) in [6.45, 7) is 4.19. The van der Waals surface area contributed by atoms with E-state index in [1.165, 1.54) is 12.1 Å². The molecule has 0 radical (unpaired) electrons. The van der Waals surface area contributed by atoms with E-state index in [4.69, 9.17) is 4.42 Å². The Balaban J connectivity index is 2.03. The van der Waals surface area contributed by atoms with E-state index in [0.29, 0.717) is 28.2 Å². The Morgan fingerprint density at radius 3 is 2.37 bits per heavy atom. The molecule has 30 heavy (non-hydrogen) atoms. The molecule has 154 valence electrons. The molecule has 0 fully saturated rings. The summed E-state index contributed by atoms with van der Waals surface area (Å²) in [6, 6.07) is 7.88. The summed E-state index contributed by atoms with van der Waals surface area (Å²) in [5.74, 6) is -0.577. The van der Waals surface area contributed by atoms with Gasteiger partial charge in [-0.1, -0.05) is 26.0 Å². The minimum atomic E-state index is -0.606. The Morgan fingerprint density at radius 1 is 0.967 bits per heavy atom. The summed E-state index contributed by atoms with van der Waals surface area (Å²) in [7, 11) is 0. The zero-order chi connectivity index (χ0) is 21.6. The van der Waals surface area contributed by atoms with Crippen molar-refractivity contribution in [2.75, 3.05) is 0 Å². The number of hydrogen-bond donors (Lipinski definition) is 3. The summed E-state index contributed by atoms with van der Waals surface area (Å²) >= 11 is 0. The third-order valence-corrected chi connectivity index (χ3v) is 5.79. The predicted octanol–water partition coefficient (Wildman–Crippen LogP) is 4.75. The van der Waals surface area contributed by atoms with Gasteiger partial charge in [0, 0.05) is 40.8 Å². The topological polar surface area (TPSA) is 108 Å². The highest BCUT2D eigenvalue weighted by Gasteiger charge is 2.29. The van der Waals surface area contributed by atoms with Gasteiger partial charge in [-0.2, -0.15) is 0 Å². The summed E-state index contributed by atoms with van der Waals surface area (Å²) in [5.41, 5.74) is 2.24. The Morgan fingerprint density at radius 2 is 1.70 bits per heavy atom. The van der Waals surface area contributed by atoms with Gasteiger partial charge in [-0.25, -0.2) is 0 Å². The minimum Gasteiger partial charge on any atom is -0.507 e. The van der Waals surface area contributed by atoms with E-state index in [1.54, 1.807) is 12.1 Å². The van der Waals surface area contributed by atoms with Gasteiger partial charge < -0.3 is 19.7 Å². The van der Waals surface area contributed by atoms with E-state index in [2.05, 4.69) is 13.8 Å². The number of phenols is 2. The van der Waals surface area contributed by atoms with Crippen molar-refractivity contribution >= 4 is 11.9 Å². The van der Waals surface area contributed by atoms with Gasteiger partial charge in [-0.3, -0.25) is 9.59 Å². The highest BCUT2D eigenvalue weighted by Crippen LogP contribution is 2.45. The maximum absolute atomic E-state index is 12.2. The SMILES string of the molecule is CCC(CC)c1ccc(-c2c3cc(O)c(=O)cc-3oc3c2CC(=O)C(O)=C3)c(O)c1. The van der Waals surface area contributed by atoms with E-state index in [9.17, 15) is 24.9 Å². The quantitative estimate of drug-likeness (QED) is 0.577. The maximum Gasteiger partial charge on any atom is 0.223 e. The van der Waals surface area contributed by atoms with Crippen LogP contribution >= 0.6 is 0 Å². The lowest BCUT2D eigenvalue weighted by Crippen LogP contribution is -2.14. The first-order chi connectivity index (χ1) is 14.3. The third-order valence-electron chi connectivity index (χ3n) is 5.79. The van der Waals surface area contributed by atoms with Gasteiger partial charge in [-0.05, 0) is 36.5 Å². The fraction of sp³-hybridized carbons (Fsp3) is 0.250. The predicted molar refractivity (Wildman–Crippen MR) is 113 cm³/mol. The number of carbonyl (C=O) groups is 1. The zero-order valence-corrected chi connectivity index (χ0v) is 16.7. The molecule has 1 heterocycles. The fourth-order valence-corrected chi connectivity index (χ4v) is 4.12. The van der Waals surface area contributed by atoms with Crippen molar-refractivity contribution in [1.29, 1.82) is 0 Å². The van der Waals surface area contributed by atoms with Crippen LogP contribution < -0.4 is 5.43 Å². The Labute approximate surface area is 173 Å². The highest BCUT2D eigenvalue weighted by molar-refractivity contribution is 6.04. The molecule has 0 unspecified atom stereocenters. The average Bonchev–Trinajstić information content (AvgIpc) is 2.71. The number of hydrogen-bond acceptors (Lipinski definition) is 6. The van der Waals surface area contributed by atoms with Crippen molar-refractivity contribution < 1.29 is 24.5 Å². The standard InChI is InChI=1S/C24H22O6/c1-3-12(4-2)13-5-6-14(17(25)7-13)24-15-8-18(26)20(28)10-22(15)30-23-11-21(29)19(27)9-16(23)24/h5-8,10-12,25-26,29H,3-4,9H2,1-2H3. The molecule has 0 spiro atoms. The number of carbonyl (C=O) groups excluding carboxylic acids is 1. The van der Waals surface area contributed by atoms with Crippen LogP contribution in [0.3, 0.4) is 0 Å². The van der Waals surface area contributed by atoms with E-state index in [1.807, 2.05) is 6.07 Å². The second-order valence-electron chi connectivity index (χ2n) is 7.56. The Bertz CT molecular complexity index is 1210. The lowest BCUT2D eigenvalue weighted by atomic mass is 9.85. The number of aliphatic hydroxyl groups is 1. The van der Waals surface area contributed by atoms with E-state index in [-0.39, 0.29) is 23.7 Å².